The second-order valence-corrected chi connectivity index (χ2v) is 1.20. The fourth-order valence-corrected chi connectivity index (χ4v) is 0.131. The van der Waals surface area contributed by atoms with Crippen molar-refractivity contribution in [2.24, 2.45) is 0 Å². The number of rotatable bonds is 3. The van der Waals surface area contributed by atoms with Gasteiger partial charge in [0, 0.05) is 0 Å². The highest BCUT2D eigenvalue weighted by molar-refractivity contribution is 5.37. The first-order chi connectivity index (χ1) is 3.31. The van der Waals surface area contributed by atoms with Gasteiger partial charge in [-0.2, -0.15) is 0 Å². The van der Waals surface area contributed by atoms with Crippen LogP contribution in [-0.4, -0.2) is 19.3 Å². The highest BCUT2D eigenvalue weighted by atomic mass is 19.1. The zero-order chi connectivity index (χ0) is 5.70. The van der Waals surface area contributed by atoms with Gasteiger partial charge in [-0.3, -0.25) is 4.79 Å². The first-order valence-corrected chi connectivity index (χ1v) is 1.96. The van der Waals surface area contributed by atoms with Crippen LogP contribution in [0, 0.1) is 0 Å². The summed E-state index contributed by atoms with van der Waals surface area (Å²) in [5.74, 6) is 0. The van der Waals surface area contributed by atoms with Gasteiger partial charge in [-0.05, 0) is 6.92 Å². The van der Waals surface area contributed by atoms with Crippen molar-refractivity contribution in [3.05, 3.63) is 0 Å². The Hall–Kier alpha value is -0.600. The average molecular weight is 106 g/mol. The minimum absolute atomic E-state index is 0.240. The molecule has 3 heteroatoms. The molecule has 1 atom stereocenters. The van der Waals surface area contributed by atoms with Crippen molar-refractivity contribution >= 4 is 6.47 Å². The smallest absolute Gasteiger partial charge is 0.293 e. The van der Waals surface area contributed by atoms with Crippen molar-refractivity contribution in [2.45, 2.75) is 13.0 Å². The molecule has 0 aliphatic rings. The van der Waals surface area contributed by atoms with Gasteiger partial charge in [0.05, 0.1) is 0 Å². The van der Waals surface area contributed by atoms with E-state index in [-0.39, 0.29) is 6.47 Å². The van der Waals surface area contributed by atoms with Crippen LogP contribution in [0.5, 0.6) is 0 Å². The standard InChI is InChI=1S/C4H7FO2/c1-4(2-5)7-3-6/h3-4H,2H2,1H3/t4-/m0/s1. The van der Waals surface area contributed by atoms with Crippen molar-refractivity contribution in [3.63, 3.8) is 0 Å². The maximum absolute atomic E-state index is 11.3. The lowest BCUT2D eigenvalue weighted by Crippen LogP contribution is -2.07. The van der Waals surface area contributed by atoms with Crippen LogP contribution in [-0.2, 0) is 9.53 Å². The van der Waals surface area contributed by atoms with E-state index in [1.54, 1.807) is 0 Å². The highest BCUT2D eigenvalue weighted by Gasteiger charge is 1.95. The Bertz CT molecular complexity index is 55.7. The van der Waals surface area contributed by atoms with Crippen molar-refractivity contribution in [2.75, 3.05) is 6.67 Å². The molecule has 0 fully saturated rings. The number of ether oxygens (including phenoxy) is 1. The van der Waals surface area contributed by atoms with Gasteiger partial charge in [-0.25, -0.2) is 4.39 Å². The normalized spacial score (nSPS) is 12.9. The summed E-state index contributed by atoms with van der Waals surface area (Å²) >= 11 is 0. The van der Waals surface area contributed by atoms with Gasteiger partial charge in [-0.1, -0.05) is 0 Å². The van der Waals surface area contributed by atoms with Gasteiger partial charge in [0.15, 0.2) is 0 Å². The molecular formula is C4H7FO2. The molecule has 0 aromatic rings. The third kappa shape index (κ3) is 3.22. The Labute approximate surface area is 41.3 Å². The molecule has 7 heavy (non-hydrogen) atoms. The van der Waals surface area contributed by atoms with Gasteiger partial charge in [-0.15, -0.1) is 0 Å². The van der Waals surface area contributed by atoms with E-state index in [2.05, 4.69) is 4.74 Å². The van der Waals surface area contributed by atoms with Crippen LogP contribution in [0.2, 0.25) is 0 Å². The summed E-state index contributed by atoms with van der Waals surface area (Å²) in [6.45, 7) is 1.11. The molecule has 0 aromatic carbocycles. The van der Waals surface area contributed by atoms with Gasteiger partial charge < -0.3 is 4.74 Å². The predicted octanol–water partition coefficient (Wildman–Crippen LogP) is 0.517. The molecule has 0 spiro atoms. The fraction of sp³-hybridized carbons (Fsp3) is 0.750. The minimum Gasteiger partial charge on any atom is -0.462 e. The first-order valence-electron chi connectivity index (χ1n) is 1.96. The van der Waals surface area contributed by atoms with E-state index < -0.39 is 12.8 Å². The minimum atomic E-state index is -0.612. The quantitative estimate of drug-likeness (QED) is 0.490. The molecule has 0 N–H and O–H groups in total. The summed E-state index contributed by atoms with van der Waals surface area (Å²) in [5, 5.41) is 0. The molecule has 0 amide bonds. The Kier molecular flexibility index (Phi) is 3.28. The van der Waals surface area contributed by atoms with Crippen molar-refractivity contribution in [1.29, 1.82) is 0 Å². The molecule has 0 heterocycles. The van der Waals surface area contributed by atoms with Crippen LogP contribution in [0.25, 0.3) is 0 Å². The van der Waals surface area contributed by atoms with Crippen molar-refractivity contribution in [1.82, 2.24) is 0 Å². The molecule has 0 rings (SSSR count). The SMILES string of the molecule is C[C@@H](CF)OC=O. The van der Waals surface area contributed by atoms with Crippen molar-refractivity contribution in [3.8, 4) is 0 Å². The number of hydrogen-bond acceptors (Lipinski definition) is 2. The van der Waals surface area contributed by atoms with Gasteiger partial charge >= 0.3 is 0 Å². The number of carbonyl (C=O) groups excluding carboxylic acids is 1. The second kappa shape index (κ2) is 3.59. The molecule has 0 radical (unpaired) electrons. The maximum Gasteiger partial charge on any atom is 0.293 e. The van der Waals surface area contributed by atoms with Crippen LogP contribution >= 0.6 is 0 Å². The first kappa shape index (κ1) is 6.40. The summed E-state index contributed by atoms with van der Waals surface area (Å²) < 4.78 is 15.4. The lowest BCUT2D eigenvalue weighted by Gasteiger charge is -1.99. The molecule has 0 aromatic heterocycles. The molecule has 2 nitrogen and oxygen atoms in total. The Balaban J connectivity index is 2.98. The van der Waals surface area contributed by atoms with E-state index in [1.165, 1.54) is 6.92 Å². The zero-order valence-electron chi connectivity index (χ0n) is 4.06. The molecule has 0 saturated heterocycles. The monoisotopic (exact) mass is 106 g/mol. The highest BCUT2D eigenvalue weighted by Crippen LogP contribution is 1.85. The number of halogens is 1. The van der Waals surface area contributed by atoms with E-state index in [4.69, 9.17) is 0 Å². The average Bonchev–Trinajstić information content (AvgIpc) is 1.68. The fourth-order valence-electron chi connectivity index (χ4n) is 0.131. The number of hydrogen-bond donors (Lipinski definition) is 0. The number of carbonyl (C=O) groups is 1. The Morgan fingerprint density at radius 2 is 2.57 bits per heavy atom. The molecule has 0 unspecified atom stereocenters. The molecule has 0 saturated carbocycles. The maximum atomic E-state index is 11.3. The van der Waals surface area contributed by atoms with Gasteiger partial charge in [0.2, 0.25) is 0 Å². The molecule has 0 aliphatic carbocycles. The van der Waals surface area contributed by atoms with Gasteiger partial charge in [0.25, 0.3) is 6.47 Å². The Morgan fingerprint density at radius 1 is 2.00 bits per heavy atom. The van der Waals surface area contributed by atoms with Crippen molar-refractivity contribution < 1.29 is 13.9 Å². The zero-order valence-corrected chi connectivity index (χ0v) is 4.06. The van der Waals surface area contributed by atoms with E-state index >= 15 is 0 Å². The van der Waals surface area contributed by atoms with Crippen LogP contribution < -0.4 is 0 Å². The summed E-state index contributed by atoms with van der Waals surface area (Å²) in [6, 6.07) is 0. The van der Waals surface area contributed by atoms with Crippen LogP contribution in [0.1, 0.15) is 6.92 Å². The van der Waals surface area contributed by atoms with E-state index in [1.807, 2.05) is 0 Å². The summed E-state index contributed by atoms with van der Waals surface area (Å²) in [6.07, 6.45) is -0.586. The molecule has 0 aliphatic heterocycles. The van der Waals surface area contributed by atoms with E-state index in [0.717, 1.165) is 0 Å². The summed E-state index contributed by atoms with van der Waals surface area (Å²) in [5.41, 5.74) is 0. The topological polar surface area (TPSA) is 26.3 Å². The third-order valence-corrected chi connectivity index (χ3v) is 0.505. The summed E-state index contributed by atoms with van der Waals surface area (Å²) in [4.78, 5) is 9.39. The van der Waals surface area contributed by atoms with Crippen LogP contribution in [0.15, 0.2) is 0 Å². The van der Waals surface area contributed by atoms with Crippen LogP contribution in [0.4, 0.5) is 4.39 Å². The molecule has 0 bridgehead atoms. The van der Waals surface area contributed by atoms with Crippen LogP contribution in [0.3, 0.4) is 0 Å². The number of alkyl halides is 1. The Morgan fingerprint density at radius 3 is 2.71 bits per heavy atom. The molecular weight excluding hydrogens is 99.0 g/mol. The molecule has 42 valence electrons. The van der Waals surface area contributed by atoms with E-state index in [9.17, 15) is 9.18 Å². The lowest BCUT2D eigenvalue weighted by molar-refractivity contribution is -0.133. The second-order valence-electron chi connectivity index (χ2n) is 1.20. The van der Waals surface area contributed by atoms with Gasteiger partial charge in [0.1, 0.15) is 12.8 Å². The third-order valence-electron chi connectivity index (χ3n) is 0.505. The van der Waals surface area contributed by atoms with E-state index in [0.29, 0.717) is 0 Å². The largest absolute Gasteiger partial charge is 0.462 e. The lowest BCUT2D eigenvalue weighted by atomic mass is 10.5. The summed E-state index contributed by atoms with van der Waals surface area (Å²) in [7, 11) is 0. The predicted molar refractivity (Wildman–Crippen MR) is 22.6 cm³/mol.